The molecular weight excluding hydrogens is 286 g/mol. The van der Waals surface area contributed by atoms with Gasteiger partial charge < -0.3 is 15.3 Å². The minimum absolute atomic E-state index is 0.113. The van der Waals surface area contributed by atoms with E-state index >= 15 is 0 Å². The molecule has 1 atom stereocenters. The Kier molecular flexibility index (Phi) is 4.77. The molecule has 1 aliphatic heterocycles. The summed E-state index contributed by atoms with van der Waals surface area (Å²) in [5, 5.41) is 11.9. The Morgan fingerprint density at radius 2 is 1.95 bits per heavy atom. The maximum absolute atomic E-state index is 12.6. The number of carboxylic acids is 1. The Morgan fingerprint density at radius 3 is 2.50 bits per heavy atom. The van der Waals surface area contributed by atoms with Crippen LogP contribution in [-0.4, -0.2) is 49.1 Å². The lowest BCUT2D eigenvalue weighted by atomic mass is 10.2. The van der Waals surface area contributed by atoms with Gasteiger partial charge in [0.2, 0.25) is 11.8 Å². The molecule has 0 radical (unpaired) electrons. The Balaban J connectivity index is 2.56. The number of hydrogen-bond donors (Lipinski definition) is 2. The van der Waals surface area contributed by atoms with Crippen LogP contribution in [0, 0.1) is 0 Å². The quantitative estimate of drug-likeness (QED) is 0.843. The normalized spacial score (nSPS) is 17.9. The predicted octanol–water partition coefficient (Wildman–Crippen LogP) is 0.449. The van der Waals surface area contributed by atoms with E-state index in [0.29, 0.717) is 17.8 Å². The summed E-state index contributed by atoms with van der Waals surface area (Å²) in [7, 11) is 1.62. The third-order valence-electron chi connectivity index (χ3n) is 3.64. The van der Waals surface area contributed by atoms with Crippen molar-refractivity contribution in [1.82, 2.24) is 5.32 Å². The average Bonchev–Trinajstić information content (AvgIpc) is 2.63. The van der Waals surface area contributed by atoms with E-state index in [0.717, 1.165) is 0 Å². The topological polar surface area (TPSA) is 90.0 Å². The van der Waals surface area contributed by atoms with Gasteiger partial charge in [0, 0.05) is 6.42 Å². The largest absolute Gasteiger partial charge is 0.480 e. The number of carbonyl (C=O) groups is 3. The van der Waals surface area contributed by atoms with E-state index in [1.807, 2.05) is 0 Å². The fourth-order valence-corrected chi connectivity index (χ4v) is 2.53. The zero-order valence-corrected chi connectivity index (χ0v) is 12.6. The number of nitrogens with one attached hydrogen (secondary N) is 1. The number of carbonyl (C=O) groups excluding carboxylic acids is 2. The highest BCUT2D eigenvalue weighted by Gasteiger charge is 2.35. The molecule has 0 bridgehead atoms. The van der Waals surface area contributed by atoms with Gasteiger partial charge in [-0.3, -0.25) is 19.3 Å². The molecule has 0 unspecified atom stereocenters. The van der Waals surface area contributed by atoms with Crippen LogP contribution < -0.4 is 15.1 Å². The molecule has 1 aromatic carbocycles. The second-order valence-electron chi connectivity index (χ2n) is 5.01. The van der Waals surface area contributed by atoms with Crippen LogP contribution in [0.25, 0.3) is 0 Å². The SMILES string of the molecule is CCC(=O)N1C[C@H](NC)C(=O)N(CC(=O)O)c2ccccc21. The van der Waals surface area contributed by atoms with Crippen molar-refractivity contribution in [2.45, 2.75) is 19.4 Å². The van der Waals surface area contributed by atoms with E-state index in [2.05, 4.69) is 5.32 Å². The molecule has 0 aliphatic carbocycles. The third kappa shape index (κ3) is 2.94. The number of anilines is 2. The molecular formula is C15H19N3O4. The molecule has 2 amide bonds. The van der Waals surface area contributed by atoms with Gasteiger partial charge in [-0.1, -0.05) is 19.1 Å². The number of para-hydroxylation sites is 2. The lowest BCUT2D eigenvalue weighted by molar-refractivity contribution is -0.136. The first-order valence-electron chi connectivity index (χ1n) is 7.09. The fourth-order valence-electron chi connectivity index (χ4n) is 2.53. The fraction of sp³-hybridized carbons (Fsp3) is 0.400. The summed E-state index contributed by atoms with van der Waals surface area (Å²) in [5.74, 6) is -1.57. The minimum atomic E-state index is -1.10. The number of likely N-dealkylation sites (N-methyl/N-ethyl adjacent to an activating group) is 1. The van der Waals surface area contributed by atoms with Crippen LogP contribution in [-0.2, 0) is 14.4 Å². The molecule has 0 aromatic heterocycles. The maximum Gasteiger partial charge on any atom is 0.323 e. The van der Waals surface area contributed by atoms with Crippen molar-refractivity contribution in [2.75, 3.05) is 29.9 Å². The number of amides is 2. The number of aliphatic carboxylic acids is 1. The van der Waals surface area contributed by atoms with E-state index < -0.39 is 18.6 Å². The molecule has 7 heteroatoms. The molecule has 118 valence electrons. The summed E-state index contributed by atoms with van der Waals surface area (Å²) in [6.07, 6.45) is 0.303. The standard InChI is InChI=1S/C15H19N3O4/c1-3-13(19)17-8-10(16-2)15(22)18(9-14(20)21)12-7-5-4-6-11(12)17/h4-7,10,16H,3,8-9H2,1-2H3,(H,20,21)/t10-/m0/s1. The molecule has 0 saturated heterocycles. The molecule has 0 fully saturated rings. The number of benzene rings is 1. The monoisotopic (exact) mass is 305 g/mol. The van der Waals surface area contributed by atoms with Gasteiger partial charge in [-0.25, -0.2) is 0 Å². The van der Waals surface area contributed by atoms with E-state index in [-0.39, 0.29) is 18.4 Å². The van der Waals surface area contributed by atoms with Crippen molar-refractivity contribution in [3.05, 3.63) is 24.3 Å². The maximum atomic E-state index is 12.6. The first-order valence-corrected chi connectivity index (χ1v) is 7.09. The Labute approximate surface area is 128 Å². The number of carboxylic acid groups (broad SMARTS) is 1. The highest BCUT2D eigenvalue weighted by atomic mass is 16.4. The van der Waals surface area contributed by atoms with Gasteiger partial charge in [-0.2, -0.15) is 0 Å². The van der Waals surface area contributed by atoms with Crippen LogP contribution in [0.4, 0.5) is 11.4 Å². The van der Waals surface area contributed by atoms with Crippen molar-refractivity contribution in [1.29, 1.82) is 0 Å². The van der Waals surface area contributed by atoms with Gasteiger partial charge in [0.25, 0.3) is 0 Å². The lowest BCUT2D eigenvalue weighted by Crippen LogP contribution is -2.50. The number of hydrogen-bond acceptors (Lipinski definition) is 4. The number of fused-ring (bicyclic) bond motifs is 1. The lowest BCUT2D eigenvalue weighted by Gasteiger charge is -2.24. The molecule has 1 aromatic rings. The van der Waals surface area contributed by atoms with E-state index in [1.54, 1.807) is 38.2 Å². The minimum Gasteiger partial charge on any atom is -0.480 e. The Morgan fingerprint density at radius 1 is 1.32 bits per heavy atom. The van der Waals surface area contributed by atoms with E-state index in [4.69, 9.17) is 5.11 Å². The van der Waals surface area contributed by atoms with Crippen LogP contribution in [0.1, 0.15) is 13.3 Å². The number of rotatable bonds is 4. The number of nitrogens with zero attached hydrogens (tertiary/aromatic N) is 2. The van der Waals surface area contributed by atoms with Crippen molar-refractivity contribution in [2.24, 2.45) is 0 Å². The summed E-state index contributed by atoms with van der Waals surface area (Å²) in [6.45, 7) is 1.48. The van der Waals surface area contributed by atoms with E-state index in [1.165, 1.54) is 9.80 Å². The van der Waals surface area contributed by atoms with Gasteiger partial charge in [0.15, 0.2) is 0 Å². The van der Waals surface area contributed by atoms with Gasteiger partial charge in [0.1, 0.15) is 12.6 Å². The predicted molar refractivity (Wildman–Crippen MR) is 81.9 cm³/mol. The summed E-state index contributed by atoms with van der Waals surface area (Å²) in [6, 6.07) is 6.21. The molecule has 0 saturated carbocycles. The highest BCUT2D eigenvalue weighted by Crippen LogP contribution is 2.33. The summed E-state index contributed by atoms with van der Waals surface area (Å²) in [4.78, 5) is 38.7. The zero-order chi connectivity index (χ0) is 16.3. The third-order valence-corrected chi connectivity index (χ3v) is 3.64. The second kappa shape index (κ2) is 6.57. The van der Waals surface area contributed by atoms with Crippen LogP contribution in [0.3, 0.4) is 0 Å². The molecule has 2 rings (SSSR count). The van der Waals surface area contributed by atoms with Gasteiger partial charge >= 0.3 is 5.97 Å². The van der Waals surface area contributed by atoms with Crippen LogP contribution >= 0.6 is 0 Å². The van der Waals surface area contributed by atoms with E-state index in [9.17, 15) is 14.4 Å². The molecule has 7 nitrogen and oxygen atoms in total. The first kappa shape index (κ1) is 16.0. The van der Waals surface area contributed by atoms with Crippen molar-refractivity contribution < 1.29 is 19.5 Å². The Bertz CT molecular complexity index is 602. The van der Waals surface area contributed by atoms with Crippen molar-refractivity contribution in [3.8, 4) is 0 Å². The second-order valence-corrected chi connectivity index (χ2v) is 5.01. The molecule has 2 N–H and O–H groups in total. The average molecular weight is 305 g/mol. The zero-order valence-electron chi connectivity index (χ0n) is 12.6. The summed E-state index contributed by atoms with van der Waals surface area (Å²) in [5.41, 5.74) is 0.996. The van der Waals surface area contributed by atoms with Gasteiger partial charge in [-0.05, 0) is 19.2 Å². The van der Waals surface area contributed by atoms with Gasteiger partial charge in [0.05, 0.1) is 17.9 Å². The van der Waals surface area contributed by atoms with Crippen LogP contribution in [0.5, 0.6) is 0 Å². The summed E-state index contributed by atoms with van der Waals surface area (Å²) < 4.78 is 0. The van der Waals surface area contributed by atoms with Crippen LogP contribution in [0.15, 0.2) is 24.3 Å². The highest BCUT2D eigenvalue weighted by molar-refractivity contribution is 6.08. The van der Waals surface area contributed by atoms with Crippen molar-refractivity contribution >= 4 is 29.2 Å². The summed E-state index contributed by atoms with van der Waals surface area (Å²) >= 11 is 0. The molecule has 22 heavy (non-hydrogen) atoms. The van der Waals surface area contributed by atoms with Crippen LogP contribution in [0.2, 0.25) is 0 Å². The van der Waals surface area contributed by atoms with Gasteiger partial charge in [-0.15, -0.1) is 0 Å². The van der Waals surface area contributed by atoms with Crippen molar-refractivity contribution in [3.63, 3.8) is 0 Å². The smallest absolute Gasteiger partial charge is 0.323 e. The molecule has 1 aliphatic rings. The first-order chi connectivity index (χ1) is 10.5. The molecule has 1 heterocycles. The Hall–Kier alpha value is -2.41. The molecule has 0 spiro atoms.